The molecule has 0 radical (unpaired) electrons. The number of benzene rings is 2. The fraction of sp³-hybridized carbons (Fsp3) is 0.0769. The maximum absolute atomic E-state index is 13.0. The molecule has 0 fully saturated rings. The van der Waals surface area contributed by atoms with Gasteiger partial charge in [-0.2, -0.15) is 0 Å². The Hall–Kier alpha value is -2.21. The highest BCUT2D eigenvalue weighted by Crippen LogP contribution is 2.30. The third-order valence-electron chi connectivity index (χ3n) is 2.50. The molecule has 0 aliphatic carbocycles. The zero-order valence-electron chi connectivity index (χ0n) is 9.98. The molecule has 0 N–H and O–H groups in total. The van der Waals surface area contributed by atoms with E-state index in [-0.39, 0.29) is 23.1 Å². The summed E-state index contributed by atoms with van der Waals surface area (Å²) in [6.45, 7) is -0.140. The summed E-state index contributed by atoms with van der Waals surface area (Å²) in [5.74, 6) is -2.01. The number of halogens is 3. The molecule has 2 rings (SSSR count). The summed E-state index contributed by atoms with van der Waals surface area (Å²) >= 11 is 5.74. The SMILES string of the molecule is O=[N+]([O-])c1ccc(Cl)cc1OCc1ccc(F)c(F)c1. The molecule has 20 heavy (non-hydrogen) atoms. The second kappa shape index (κ2) is 5.83. The first kappa shape index (κ1) is 14.2. The summed E-state index contributed by atoms with van der Waals surface area (Å²) in [4.78, 5) is 10.2. The number of nitrogens with zero attached hydrogens (tertiary/aromatic N) is 1. The second-order valence-corrected chi connectivity index (χ2v) is 4.34. The van der Waals surface area contributed by atoms with Crippen molar-refractivity contribution in [1.29, 1.82) is 0 Å². The molecule has 0 saturated carbocycles. The van der Waals surface area contributed by atoms with Crippen LogP contribution < -0.4 is 4.74 Å². The van der Waals surface area contributed by atoms with Gasteiger partial charge in [-0.3, -0.25) is 10.1 Å². The molecule has 0 spiro atoms. The van der Waals surface area contributed by atoms with E-state index in [9.17, 15) is 18.9 Å². The van der Waals surface area contributed by atoms with E-state index in [4.69, 9.17) is 16.3 Å². The lowest BCUT2D eigenvalue weighted by molar-refractivity contribution is -0.385. The monoisotopic (exact) mass is 299 g/mol. The van der Waals surface area contributed by atoms with E-state index >= 15 is 0 Å². The standard InChI is InChI=1S/C13H8ClF2NO3/c14-9-2-4-12(17(18)19)13(6-9)20-7-8-1-3-10(15)11(16)5-8/h1-6H,7H2. The number of ether oxygens (including phenoxy) is 1. The Morgan fingerprint density at radius 2 is 1.90 bits per heavy atom. The molecule has 0 amide bonds. The van der Waals surface area contributed by atoms with E-state index in [2.05, 4.69) is 0 Å². The maximum atomic E-state index is 13.0. The molecular formula is C13H8ClF2NO3. The van der Waals surface area contributed by atoms with Crippen molar-refractivity contribution in [3.8, 4) is 5.75 Å². The van der Waals surface area contributed by atoms with Crippen molar-refractivity contribution in [1.82, 2.24) is 0 Å². The van der Waals surface area contributed by atoms with E-state index in [1.54, 1.807) is 0 Å². The first-order chi connectivity index (χ1) is 9.47. The van der Waals surface area contributed by atoms with Gasteiger partial charge < -0.3 is 4.74 Å². The Balaban J connectivity index is 2.20. The van der Waals surface area contributed by atoms with Crippen molar-refractivity contribution in [2.45, 2.75) is 6.61 Å². The van der Waals surface area contributed by atoms with Gasteiger partial charge in [-0.15, -0.1) is 0 Å². The minimum absolute atomic E-state index is 0.0350. The molecular weight excluding hydrogens is 292 g/mol. The van der Waals surface area contributed by atoms with Crippen molar-refractivity contribution in [3.05, 3.63) is 68.7 Å². The molecule has 0 aliphatic rings. The molecule has 7 heteroatoms. The number of hydrogen-bond acceptors (Lipinski definition) is 3. The Morgan fingerprint density at radius 3 is 2.55 bits per heavy atom. The van der Waals surface area contributed by atoms with E-state index in [1.807, 2.05) is 0 Å². The van der Waals surface area contributed by atoms with Crippen LogP contribution in [0, 0.1) is 21.7 Å². The van der Waals surface area contributed by atoms with Crippen molar-refractivity contribution >= 4 is 17.3 Å². The Labute approximate surface area is 117 Å². The lowest BCUT2D eigenvalue weighted by atomic mass is 10.2. The van der Waals surface area contributed by atoms with Gasteiger partial charge in [0.2, 0.25) is 0 Å². The number of hydrogen-bond donors (Lipinski definition) is 0. The van der Waals surface area contributed by atoms with Gasteiger partial charge in [-0.1, -0.05) is 17.7 Å². The van der Waals surface area contributed by atoms with Gasteiger partial charge in [-0.25, -0.2) is 8.78 Å². The smallest absolute Gasteiger partial charge is 0.311 e. The topological polar surface area (TPSA) is 52.4 Å². The van der Waals surface area contributed by atoms with Crippen LogP contribution in [0.4, 0.5) is 14.5 Å². The third-order valence-corrected chi connectivity index (χ3v) is 2.73. The van der Waals surface area contributed by atoms with Crippen LogP contribution in [0.1, 0.15) is 5.56 Å². The molecule has 2 aromatic rings. The normalized spacial score (nSPS) is 10.3. The van der Waals surface area contributed by atoms with Crippen LogP contribution in [0.25, 0.3) is 0 Å². The highest BCUT2D eigenvalue weighted by atomic mass is 35.5. The zero-order valence-corrected chi connectivity index (χ0v) is 10.7. The maximum Gasteiger partial charge on any atom is 0.311 e. The summed E-state index contributed by atoms with van der Waals surface area (Å²) in [7, 11) is 0. The van der Waals surface area contributed by atoms with E-state index in [0.29, 0.717) is 5.56 Å². The number of nitro benzene ring substituents is 1. The van der Waals surface area contributed by atoms with Crippen LogP contribution in [0.5, 0.6) is 5.75 Å². The lowest BCUT2D eigenvalue weighted by Crippen LogP contribution is -2.00. The quantitative estimate of drug-likeness (QED) is 0.630. The highest BCUT2D eigenvalue weighted by molar-refractivity contribution is 6.30. The first-order valence-electron chi connectivity index (χ1n) is 5.48. The molecule has 2 aromatic carbocycles. The summed E-state index contributed by atoms with van der Waals surface area (Å²) in [6.07, 6.45) is 0. The number of nitro groups is 1. The molecule has 0 aliphatic heterocycles. The summed E-state index contributed by atoms with van der Waals surface area (Å²) < 4.78 is 31.0. The first-order valence-corrected chi connectivity index (χ1v) is 5.86. The Bertz CT molecular complexity index is 664. The van der Waals surface area contributed by atoms with Gasteiger partial charge in [0.15, 0.2) is 17.4 Å². The van der Waals surface area contributed by atoms with Crippen LogP contribution in [-0.4, -0.2) is 4.92 Å². The molecule has 0 unspecified atom stereocenters. The molecule has 104 valence electrons. The fourth-order valence-corrected chi connectivity index (χ4v) is 1.71. The molecule has 0 bridgehead atoms. The Morgan fingerprint density at radius 1 is 1.15 bits per heavy atom. The van der Waals surface area contributed by atoms with Gasteiger partial charge >= 0.3 is 5.69 Å². The van der Waals surface area contributed by atoms with Gasteiger partial charge in [0.1, 0.15) is 6.61 Å². The van der Waals surface area contributed by atoms with E-state index in [0.717, 1.165) is 12.1 Å². The van der Waals surface area contributed by atoms with Crippen LogP contribution in [-0.2, 0) is 6.61 Å². The molecule has 0 atom stereocenters. The molecule has 0 heterocycles. The fourth-order valence-electron chi connectivity index (χ4n) is 1.54. The number of rotatable bonds is 4. The van der Waals surface area contributed by atoms with Crippen molar-refractivity contribution in [2.24, 2.45) is 0 Å². The molecule has 0 aromatic heterocycles. The van der Waals surface area contributed by atoms with Crippen LogP contribution in [0.3, 0.4) is 0 Å². The molecule has 4 nitrogen and oxygen atoms in total. The van der Waals surface area contributed by atoms with Crippen LogP contribution >= 0.6 is 11.6 Å². The largest absolute Gasteiger partial charge is 0.482 e. The lowest BCUT2D eigenvalue weighted by Gasteiger charge is -2.07. The van der Waals surface area contributed by atoms with Crippen molar-refractivity contribution in [3.63, 3.8) is 0 Å². The Kier molecular flexibility index (Phi) is 4.14. The predicted octanol–water partition coefficient (Wildman–Crippen LogP) is 4.11. The van der Waals surface area contributed by atoms with Crippen molar-refractivity contribution in [2.75, 3.05) is 0 Å². The minimum Gasteiger partial charge on any atom is -0.482 e. The minimum atomic E-state index is -1.01. The van der Waals surface area contributed by atoms with Gasteiger partial charge in [0.05, 0.1) is 4.92 Å². The van der Waals surface area contributed by atoms with E-state index in [1.165, 1.54) is 24.3 Å². The van der Waals surface area contributed by atoms with E-state index < -0.39 is 16.6 Å². The van der Waals surface area contributed by atoms with Gasteiger partial charge in [-0.05, 0) is 23.8 Å². The molecule has 0 saturated heterocycles. The average Bonchev–Trinajstić information content (AvgIpc) is 2.40. The second-order valence-electron chi connectivity index (χ2n) is 3.91. The van der Waals surface area contributed by atoms with Crippen molar-refractivity contribution < 1.29 is 18.4 Å². The average molecular weight is 300 g/mol. The third kappa shape index (κ3) is 3.21. The summed E-state index contributed by atoms with van der Waals surface area (Å²) in [5, 5.41) is 11.1. The highest BCUT2D eigenvalue weighted by Gasteiger charge is 2.15. The summed E-state index contributed by atoms with van der Waals surface area (Å²) in [5.41, 5.74) is 0.0927. The van der Waals surface area contributed by atoms with Gasteiger partial charge in [0.25, 0.3) is 0 Å². The zero-order chi connectivity index (χ0) is 14.7. The summed E-state index contributed by atoms with van der Waals surface area (Å²) in [6, 6.07) is 7.12. The predicted molar refractivity (Wildman–Crippen MR) is 68.8 cm³/mol. The van der Waals surface area contributed by atoms with Crippen LogP contribution in [0.2, 0.25) is 5.02 Å². The van der Waals surface area contributed by atoms with Gasteiger partial charge in [0, 0.05) is 17.2 Å². The van der Waals surface area contributed by atoms with Crippen LogP contribution in [0.15, 0.2) is 36.4 Å².